The molecule has 0 aliphatic heterocycles. The number of rotatable bonds is 9. The molecule has 0 unspecified atom stereocenters. The molecule has 0 aromatic heterocycles. The average Bonchev–Trinajstić information content (AvgIpc) is 2.68. The van der Waals surface area contributed by atoms with Crippen molar-refractivity contribution in [2.45, 2.75) is 4.90 Å². The number of amides is 1. The first-order valence-electron chi connectivity index (χ1n) is 8.17. The number of halogens is 2. The van der Waals surface area contributed by atoms with Gasteiger partial charge in [0.1, 0.15) is 17.2 Å². The minimum atomic E-state index is -4.22. The van der Waals surface area contributed by atoms with Crippen molar-refractivity contribution in [2.75, 3.05) is 38.2 Å². The van der Waals surface area contributed by atoms with E-state index in [-0.39, 0.29) is 32.9 Å². The Morgan fingerprint density at radius 1 is 1.14 bits per heavy atom. The van der Waals surface area contributed by atoms with Crippen LogP contribution in [0.15, 0.2) is 47.4 Å². The van der Waals surface area contributed by atoms with Crippen LogP contribution in [-0.4, -0.2) is 48.2 Å². The molecule has 10 heteroatoms. The van der Waals surface area contributed by atoms with E-state index in [2.05, 4.69) is 5.32 Å². The van der Waals surface area contributed by atoms with Crippen LogP contribution in [0.3, 0.4) is 0 Å². The molecule has 2 rings (SSSR count). The Morgan fingerprint density at radius 2 is 1.86 bits per heavy atom. The summed E-state index contributed by atoms with van der Waals surface area (Å²) in [6, 6.07) is 10.6. The molecule has 28 heavy (non-hydrogen) atoms. The Hall–Kier alpha value is -2.00. The van der Waals surface area contributed by atoms with Crippen LogP contribution in [-0.2, 0) is 19.6 Å². The van der Waals surface area contributed by atoms with Gasteiger partial charge >= 0.3 is 0 Å². The van der Waals surface area contributed by atoms with Gasteiger partial charge in [-0.15, -0.1) is 0 Å². The Morgan fingerprint density at radius 3 is 2.54 bits per heavy atom. The van der Waals surface area contributed by atoms with Crippen molar-refractivity contribution < 1.29 is 22.7 Å². The van der Waals surface area contributed by atoms with E-state index in [1.54, 1.807) is 18.2 Å². The number of methoxy groups -OCH3 is 2. The van der Waals surface area contributed by atoms with E-state index in [9.17, 15) is 13.2 Å². The number of sulfonamides is 1. The Bertz CT molecular complexity index is 937. The molecule has 0 radical (unpaired) electrons. The number of nitrogens with one attached hydrogen (secondary N) is 1. The maximum Gasteiger partial charge on any atom is 0.266 e. The van der Waals surface area contributed by atoms with Gasteiger partial charge in [-0.05, 0) is 30.3 Å². The van der Waals surface area contributed by atoms with E-state index in [4.69, 9.17) is 32.7 Å². The number of carbonyl (C=O) groups is 1. The summed E-state index contributed by atoms with van der Waals surface area (Å²) in [6.07, 6.45) is 0. The van der Waals surface area contributed by atoms with Gasteiger partial charge in [0.25, 0.3) is 10.0 Å². The van der Waals surface area contributed by atoms with Crippen molar-refractivity contribution in [1.29, 1.82) is 0 Å². The summed E-state index contributed by atoms with van der Waals surface area (Å²) >= 11 is 12.1. The van der Waals surface area contributed by atoms with Crippen LogP contribution in [0.1, 0.15) is 0 Å². The van der Waals surface area contributed by atoms with Gasteiger partial charge in [-0.25, -0.2) is 8.42 Å². The molecule has 2 aromatic rings. The first kappa shape index (κ1) is 22.3. The number of hydrogen-bond donors (Lipinski definition) is 1. The highest BCUT2D eigenvalue weighted by Crippen LogP contribution is 2.35. The standard InChI is InChI=1S/C18H20Cl2N2O5S/c1-26-10-9-21-18(23)12-22(15-5-3-4-6-16(15)27-2)28(24,25)17-11-13(19)7-8-14(17)20/h3-8,11H,9-10,12H2,1-2H3,(H,21,23). The zero-order valence-electron chi connectivity index (χ0n) is 15.3. The molecule has 1 N–H and O–H groups in total. The van der Waals surface area contributed by atoms with Gasteiger partial charge in [0.15, 0.2) is 0 Å². The van der Waals surface area contributed by atoms with E-state index in [1.807, 2.05) is 0 Å². The molecule has 0 atom stereocenters. The maximum absolute atomic E-state index is 13.4. The molecule has 0 spiro atoms. The molecule has 0 saturated heterocycles. The number of nitrogens with zero attached hydrogens (tertiary/aromatic N) is 1. The third kappa shape index (κ3) is 5.29. The highest BCUT2D eigenvalue weighted by molar-refractivity contribution is 7.93. The summed E-state index contributed by atoms with van der Waals surface area (Å²) in [5.41, 5.74) is 0.197. The van der Waals surface area contributed by atoms with Crippen molar-refractivity contribution in [3.05, 3.63) is 52.5 Å². The molecular formula is C18H20Cl2N2O5S. The second kappa shape index (κ2) is 9.97. The van der Waals surface area contributed by atoms with Crippen molar-refractivity contribution >= 4 is 44.8 Å². The van der Waals surface area contributed by atoms with E-state index >= 15 is 0 Å². The predicted molar refractivity (Wildman–Crippen MR) is 109 cm³/mol. The highest BCUT2D eigenvalue weighted by atomic mass is 35.5. The van der Waals surface area contributed by atoms with Crippen molar-refractivity contribution in [1.82, 2.24) is 5.32 Å². The molecule has 0 saturated carbocycles. The van der Waals surface area contributed by atoms with Gasteiger partial charge in [0.2, 0.25) is 5.91 Å². The third-order valence-corrected chi connectivity index (χ3v) is 6.21. The van der Waals surface area contributed by atoms with E-state index in [0.29, 0.717) is 6.61 Å². The molecule has 0 fully saturated rings. The molecule has 0 aliphatic carbocycles. The molecule has 2 aromatic carbocycles. The van der Waals surface area contributed by atoms with Crippen LogP contribution in [0.5, 0.6) is 5.75 Å². The van der Waals surface area contributed by atoms with Crippen molar-refractivity contribution in [2.24, 2.45) is 0 Å². The minimum absolute atomic E-state index is 0.0101. The Kier molecular flexibility index (Phi) is 7.94. The largest absolute Gasteiger partial charge is 0.495 e. The van der Waals surface area contributed by atoms with Crippen LogP contribution >= 0.6 is 23.2 Å². The number of para-hydroxylation sites is 2. The lowest BCUT2D eigenvalue weighted by atomic mass is 10.3. The molecule has 0 heterocycles. The predicted octanol–water partition coefficient (Wildman–Crippen LogP) is 2.96. The van der Waals surface area contributed by atoms with Crippen LogP contribution in [0.25, 0.3) is 0 Å². The summed E-state index contributed by atoms with van der Waals surface area (Å²) in [5.74, 6) is -0.224. The molecule has 7 nitrogen and oxygen atoms in total. The average molecular weight is 447 g/mol. The van der Waals surface area contributed by atoms with Crippen LogP contribution in [0.4, 0.5) is 5.69 Å². The lowest BCUT2D eigenvalue weighted by molar-refractivity contribution is -0.119. The lowest BCUT2D eigenvalue weighted by Gasteiger charge is -2.26. The SMILES string of the molecule is COCCNC(=O)CN(c1ccccc1OC)S(=O)(=O)c1cc(Cl)ccc1Cl. The molecular weight excluding hydrogens is 427 g/mol. The monoisotopic (exact) mass is 446 g/mol. The Labute approximate surface area is 174 Å². The summed E-state index contributed by atoms with van der Waals surface area (Å²) < 4.78 is 37.8. The second-order valence-corrected chi connectivity index (χ2v) is 8.28. The normalized spacial score (nSPS) is 11.1. The van der Waals surface area contributed by atoms with Crippen LogP contribution in [0, 0.1) is 0 Å². The second-order valence-electron chi connectivity index (χ2n) is 5.60. The zero-order chi connectivity index (χ0) is 20.7. The summed E-state index contributed by atoms with van der Waals surface area (Å²) in [4.78, 5) is 12.1. The van der Waals surface area contributed by atoms with E-state index in [0.717, 1.165) is 4.31 Å². The number of benzene rings is 2. The summed E-state index contributed by atoms with van der Waals surface area (Å²) in [7, 11) is -1.31. The summed E-state index contributed by atoms with van der Waals surface area (Å²) in [5, 5.41) is 2.79. The van der Waals surface area contributed by atoms with Gasteiger partial charge in [-0.3, -0.25) is 9.10 Å². The number of carbonyl (C=O) groups excluding carboxylic acids is 1. The topological polar surface area (TPSA) is 84.9 Å². The number of anilines is 1. The first-order chi connectivity index (χ1) is 13.3. The number of hydrogen-bond acceptors (Lipinski definition) is 5. The molecule has 1 amide bonds. The summed E-state index contributed by atoms with van der Waals surface area (Å²) in [6.45, 7) is 0.0651. The lowest BCUT2D eigenvalue weighted by Crippen LogP contribution is -2.42. The maximum atomic E-state index is 13.4. The fourth-order valence-corrected chi connectivity index (χ4v) is 4.58. The quantitative estimate of drug-likeness (QED) is 0.598. The molecule has 0 bridgehead atoms. The zero-order valence-corrected chi connectivity index (χ0v) is 17.6. The van der Waals surface area contributed by atoms with Crippen molar-refractivity contribution in [3.63, 3.8) is 0 Å². The van der Waals surface area contributed by atoms with Gasteiger partial charge in [0.05, 0.1) is 24.4 Å². The smallest absolute Gasteiger partial charge is 0.266 e. The van der Waals surface area contributed by atoms with E-state index in [1.165, 1.54) is 38.5 Å². The fourth-order valence-electron chi connectivity index (χ4n) is 2.41. The fraction of sp³-hybridized carbons (Fsp3) is 0.278. The van der Waals surface area contributed by atoms with Crippen LogP contribution in [0.2, 0.25) is 10.0 Å². The van der Waals surface area contributed by atoms with Gasteiger partial charge in [0, 0.05) is 18.7 Å². The van der Waals surface area contributed by atoms with E-state index < -0.39 is 22.5 Å². The van der Waals surface area contributed by atoms with Crippen LogP contribution < -0.4 is 14.4 Å². The minimum Gasteiger partial charge on any atom is -0.495 e. The molecule has 0 aliphatic rings. The van der Waals surface area contributed by atoms with Crippen molar-refractivity contribution in [3.8, 4) is 5.75 Å². The third-order valence-electron chi connectivity index (χ3n) is 3.73. The van der Waals surface area contributed by atoms with Gasteiger partial charge in [-0.1, -0.05) is 35.3 Å². The number of ether oxygens (including phenoxy) is 2. The Balaban J connectivity index is 2.51. The highest BCUT2D eigenvalue weighted by Gasteiger charge is 2.31. The van der Waals surface area contributed by atoms with Gasteiger partial charge in [-0.2, -0.15) is 0 Å². The first-order valence-corrected chi connectivity index (χ1v) is 10.4. The van der Waals surface area contributed by atoms with Gasteiger partial charge < -0.3 is 14.8 Å². The molecule has 152 valence electrons.